The number of non-ortho nitro benzene ring substituents is 3. The number of hydrogen-bond donors (Lipinski definition) is 0. The van der Waals surface area contributed by atoms with Crippen molar-refractivity contribution >= 4 is 46.6 Å². The summed E-state index contributed by atoms with van der Waals surface area (Å²) in [5.74, 6) is 0.295. The van der Waals surface area contributed by atoms with E-state index < -0.39 is 44.3 Å². The van der Waals surface area contributed by atoms with Gasteiger partial charge in [0.2, 0.25) is 0 Å². The van der Waals surface area contributed by atoms with Gasteiger partial charge in [-0.05, 0) is 32.0 Å². The number of methoxy groups -OCH3 is 1. The van der Waals surface area contributed by atoms with Crippen LogP contribution in [0.5, 0.6) is 17.2 Å². The molecule has 3 aromatic carbocycles. The summed E-state index contributed by atoms with van der Waals surface area (Å²) in [7, 11) is -9.11. The summed E-state index contributed by atoms with van der Waals surface area (Å²) in [5.41, 5.74) is -0.888. The van der Waals surface area contributed by atoms with E-state index in [-0.39, 0.29) is 60.5 Å². The van der Waals surface area contributed by atoms with Crippen LogP contribution >= 0.6 is 0 Å². The molecular formula is C28H35N3O15S3. The minimum Gasteiger partial charge on any atom is -0.496 e. The van der Waals surface area contributed by atoms with E-state index in [9.17, 15) is 55.6 Å². The maximum atomic E-state index is 11.7. The number of nitro benzene ring substituents is 3. The van der Waals surface area contributed by atoms with E-state index in [1.54, 1.807) is 13.8 Å². The molecule has 0 atom stereocenters. The highest BCUT2D eigenvalue weighted by Crippen LogP contribution is 2.28. The number of hydrogen-bond acceptors (Lipinski definition) is 15. The van der Waals surface area contributed by atoms with Gasteiger partial charge in [-0.15, -0.1) is 0 Å². The smallest absolute Gasteiger partial charge is 0.274 e. The second-order valence-electron chi connectivity index (χ2n) is 9.41. The van der Waals surface area contributed by atoms with Crippen molar-refractivity contribution in [3.63, 3.8) is 0 Å². The van der Waals surface area contributed by atoms with Crippen molar-refractivity contribution in [3.05, 3.63) is 84.9 Å². The molecule has 0 radical (unpaired) electrons. The van der Waals surface area contributed by atoms with Crippen molar-refractivity contribution in [3.8, 4) is 17.2 Å². The lowest BCUT2D eigenvalue weighted by Crippen LogP contribution is -2.05. The van der Waals surface area contributed by atoms with Crippen molar-refractivity contribution in [2.45, 2.75) is 42.4 Å². The van der Waals surface area contributed by atoms with Crippen LogP contribution in [0.4, 0.5) is 17.1 Å². The van der Waals surface area contributed by atoms with Gasteiger partial charge in [0, 0.05) is 24.5 Å². The van der Waals surface area contributed by atoms with Crippen LogP contribution in [0.3, 0.4) is 0 Å². The molecule has 270 valence electrons. The Kier molecular flexibility index (Phi) is 15.5. The van der Waals surface area contributed by atoms with Gasteiger partial charge in [-0.3, -0.25) is 30.3 Å². The molecule has 21 heteroatoms. The predicted molar refractivity (Wildman–Crippen MR) is 177 cm³/mol. The number of rotatable bonds is 13. The third kappa shape index (κ3) is 12.9. The van der Waals surface area contributed by atoms with E-state index in [0.717, 1.165) is 24.5 Å². The zero-order valence-electron chi connectivity index (χ0n) is 27.2. The SMILES string of the molecule is CCOc1cc([N+](=O)[O-])cc(S(=O)(=O)CC)c1.CCOc1cc([N+](=O)[O-])cc(S(C)(=O)=O)c1.CCS(=O)(=O)c1cc(OC)cc([N+](=O)[O-])c1. The Balaban J connectivity index is 0.000000368. The van der Waals surface area contributed by atoms with E-state index in [1.165, 1.54) is 57.4 Å². The van der Waals surface area contributed by atoms with Crippen molar-refractivity contribution in [2.75, 3.05) is 38.1 Å². The largest absolute Gasteiger partial charge is 0.496 e. The van der Waals surface area contributed by atoms with E-state index in [1.807, 2.05) is 0 Å². The van der Waals surface area contributed by atoms with Crippen molar-refractivity contribution in [1.29, 1.82) is 0 Å². The van der Waals surface area contributed by atoms with Crippen LogP contribution in [-0.4, -0.2) is 78.1 Å². The average molecular weight is 750 g/mol. The van der Waals surface area contributed by atoms with Gasteiger partial charge in [0.25, 0.3) is 17.1 Å². The Morgan fingerprint density at radius 1 is 0.531 bits per heavy atom. The molecule has 18 nitrogen and oxygen atoms in total. The van der Waals surface area contributed by atoms with Crippen LogP contribution in [0.15, 0.2) is 69.3 Å². The fourth-order valence-electron chi connectivity index (χ4n) is 3.51. The lowest BCUT2D eigenvalue weighted by atomic mass is 10.3. The first-order chi connectivity index (χ1) is 22.6. The minimum atomic E-state index is -3.48. The molecule has 3 rings (SSSR count). The lowest BCUT2D eigenvalue weighted by molar-refractivity contribution is -0.385. The summed E-state index contributed by atoms with van der Waals surface area (Å²) in [6.45, 7) is 7.00. The number of ether oxygens (including phenoxy) is 3. The van der Waals surface area contributed by atoms with Crippen LogP contribution < -0.4 is 14.2 Å². The monoisotopic (exact) mass is 749 g/mol. The summed E-state index contributed by atoms with van der Waals surface area (Å²) in [6.07, 6.45) is 0.988. The highest BCUT2D eigenvalue weighted by molar-refractivity contribution is 7.91. The third-order valence-corrected chi connectivity index (χ3v) is 10.5. The van der Waals surface area contributed by atoms with Crippen molar-refractivity contribution in [1.82, 2.24) is 0 Å². The normalized spacial score (nSPS) is 11.1. The summed E-state index contributed by atoms with van der Waals surface area (Å²) < 4.78 is 84.0. The van der Waals surface area contributed by atoms with E-state index >= 15 is 0 Å². The van der Waals surface area contributed by atoms with Gasteiger partial charge in [-0.1, -0.05) is 13.8 Å². The molecule has 0 unspecified atom stereocenters. The molecule has 3 aromatic rings. The maximum absolute atomic E-state index is 11.7. The topological polar surface area (TPSA) is 260 Å². The maximum Gasteiger partial charge on any atom is 0.274 e. The molecule has 0 fully saturated rings. The van der Waals surface area contributed by atoms with Gasteiger partial charge < -0.3 is 14.2 Å². The predicted octanol–water partition coefficient (Wildman–Crippen LogP) is 4.58. The molecule has 0 aliphatic carbocycles. The molecule has 49 heavy (non-hydrogen) atoms. The summed E-state index contributed by atoms with van der Waals surface area (Å²) in [5, 5.41) is 31.9. The summed E-state index contributed by atoms with van der Waals surface area (Å²) in [6, 6.07) is 10.5. The van der Waals surface area contributed by atoms with Crippen LogP contribution in [0.25, 0.3) is 0 Å². The molecule has 0 saturated carbocycles. The fourth-order valence-corrected chi connectivity index (χ4v) is 6.03. The van der Waals surface area contributed by atoms with E-state index in [2.05, 4.69) is 0 Å². The number of nitro groups is 3. The van der Waals surface area contributed by atoms with E-state index in [4.69, 9.17) is 14.2 Å². The van der Waals surface area contributed by atoms with Crippen LogP contribution in [-0.2, 0) is 29.5 Å². The second-order valence-corrected chi connectivity index (χ2v) is 16.0. The molecule has 0 saturated heterocycles. The van der Waals surface area contributed by atoms with Gasteiger partial charge in [-0.25, -0.2) is 25.3 Å². The Morgan fingerprint density at radius 3 is 1.12 bits per heavy atom. The molecule has 0 heterocycles. The van der Waals surface area contributed by atoms with Gasteiger partial charge in [-0.2, -0.15) is 0 Å². The number of nitrogens with zero attached hydrogens (tertiary/aromatic N) is 3. The first-order valence-electron chi connectivity index (χ1n) is 14.0. The second kappa shape index (κ2) is 18.0. The number of benzene rings is 3. The van der Waals surface area contributed by atoms with Crippen LogP contribution in [0.1, 0.15) is 27.7 Å². The molecule has 0 aromatic heterocycles. The van der Waals surface area contributed by atoms with Crippen LogP contribution in [0.2, 0.25) is 0 Å². The molecule has 0 N–H and O–H groups in total. The Bertz CT molecular complexity index is 1990. The molecular weight excluding hydrogens is 715 g/mol. The quantitative estimate of drug-likeness (QED) is 0.171. The standard InChI is InChI=1S/C10H13NO5S.2C9H11NO5S/c1-3-16-9-5-8(11(12)13)6-10(7-9)17(14,15)4-2;1-3-15-8-4-7(10(11)12)5-9(6-8)16(2,13)14;1-3-16(13,14)9-5-7(10(11)12)4-8(6-9)15-2/h5-7H,3-4H2,1-2H3;2*4-6H,3H2,1-2H3. The summed E-state index contributed by atoms with van der Waals surface area (Å²) >= 11 is 0. The Labute approximate surface area is 282 Å². The Hall–Kier alpha value is -4.89. The molecule has 0 bridgehead atoms. The molecule has 0 aliphatic rings. The van der Waals surface area contributed by atoms with Gasteiger partial charge in [0.15, 0.2) is 29.5 Å². The fraction of sp³-hybridized carbons (Fsp3) is 0.357. The van der Waals surface area contributed by atoms with E-state index in [0.29, 0.717) is 13.2 Å². The first kappa shape index (κ1) is 42.1. The number of sulfone groups is 3. The minimum absolute atomic E-state index is 0.0855. The zero-order chi connectivity index (χ0) is 37.7. The molecule has 0 amide bonds. The first-order valence-corrected chi connectivity index (χ1v) is 19.2. The average Bonchev–Trinajstić information content (AvgIpc) is 3.04. The van der Waals surface area contributed by atoms with Crippen molar-refractivity contribution < 1.29 is 54.2 Å². The highest BCUT2D eigenvalue weighted by atomic mass is 32.2. The molecule has 0 spiro atoms. The van der Waals surface area contributed by atoms with Gasteiger partial charge in [0.1, 0.15) is 17.2 Å². The Morgan fingerprint density at radius 2 is 0.837 bits per heavy atom. The highest BCUT2D eigenvalue weighted by Gasteiger charge is 2.20. The van der Waals surface area contributed by atoms with Gasteiger partial charge in [0.05, 0.1) is 79.5 Å². The third-order valence-electron chi connectivity index (χ3n) is 5.99. The summed E-state index contributed by atoms with van der Waals surface area (Å²) in [4.78, 5) is 29.6. The lowest BCUT2D eigenvalue weighted by Gasteiger charge is -2.06. The zero-order valence-corrected chi connectivity index (χ0v) is 29.7. The van der Waals surface area contributed by atoms with Crippen molar-refractivity contribution in [2.24, 2.45) is 0 Å². The van der Waals surface area contributed by atoms with Crippen LogP contribution in [0, 0.1) is 30.3 Å². The van der Waals surface area contributed by atoms with Gasteiger partial charge >= 0.3 is 0 Å². The molecule has 0 aliphatic heterocycles.